The Bertz CT molecular complexity index is 769. The Balaban J connectivity index is 1.90. The van der Waals surface area contributed by atoms with Crippen LogP contribution in [0.2, 0.25) is 0 Å². The van der Waals surface area contributed by atoms with E-state index >= 15 is 0 Å². The predicted molar refractivity (Wildman–Crippen MR) is 87.2 cm³/mol. The number of ether oxygens (including phenoxy) is 2. The highest BCUT2D eigenvalue weighted by Crippen LogP contribution is 2.49. The highest BCUT2D eigenvalue weighted by molar-refractivity contribution is 5.89. The zero-order valence-electron chi connectivity index (χ0n) is 13.8. The summed E-state index contributed by atoms with van der Waals surface area (Å²) in [5, 5.41) is 1.25. The van der Waals surface area contributed by atoms with Crippen LogP contribution in [0.25, 0.3) is 10.9 Å². The number of esters is 1. The summed E-state index contributed by atoms with van der Waals surface area (Å²) in [6.07, 6.45) is 3.69. The molecule has 1 aliphatic carbocycles. The lowest BCUT2D eigenvalue weighted by Gasteiger charge is -2.52. The molecule has 122 valence electrons. The number of rotatable bonds is 2. The van der Waals surface area contributed by atoms with Gasteiger partial charge in [0.15, 0.2) is 0 Å². The van der Waals surface area contributed by atoms with Crippen LogP contribution < -0.4 is 0 Å². The van der Waals surface area contributed by atoms with E-state index in [0.717, 1.165) is 11.9 Å². The third-order valence-electron chi connectivity index (χ3n) is 5.68. The molecule has 0 saturated carbocycles. The van der Waals surface area contributed by atoms with Gasteiger partial charge in [-0.2, -0.15) is 0 Å². The van der Waals surface area contributed by atoms with Crippen LogP contribution in [-0.2, 0) is 26.3 Å². The van der Waals surface area contributed by atoms with Gasteiger partial charge >= 0.3 is 5.97 Å². The zero-order valence-corrected chi connectivity index (χ0v) is 13.8. The van der Waals surface area contributed by atoms with Gasteiger partial charge in [0, 0.05) is 36.8 Å². The fourth-order valence-corrected chi connectivity index (χ4v) is 4.64. The Morgan fingerprint density at radius 3 is 2.96 bits per heavy atom. The fourth-order valence-electron chi connectivity index (χ4n) is 4.64. The number of carbonyl (C=O) groups is 1. The largest absolute Gasteiger partial charge is 0.469 e. The van der Waals surface area contributed by atoms with Crippen LogP contribution in [0, 0.1) is 5.92 Å². The number of hydrogen-bond donors (Lipinski definition) is 1. The summed E-state index contributed by atoms with van der Waals surface area (Å²) in [7, 11) is 5.29. The third kappa shape index (κ3) is 1.90. The van der Waals surface area contributed by atoms with Crippen molar-refractivity contribution in [3.05, 3.63) is 35.5 Å². The van der Waals surface area contributed by atoms with E-state index in [4.69, 9.17) is 9.47 Å². The number of nitrogens with zero attached hydrogens (tertiary/aromatic N) is 1. The molecule has 0 amide bonds. The summed E-state index contributed by atoms with van der Waals surface area (Å²) in [5.41, 5.74) is 3.18. The second-order valence-electron chi connectivity index (χ2n) is 6.72. The van der Waals surface area contributed by atoms with Crippen molar-refractivity contribution in [1.82, 2.24) is 9.88 Å². The molecule has 4 rings (SSSR count). The number of aromatic nitrogens is 1. The van der Waals surface area contributed by atoms with Gasteiger partial charge < -0.3 is 14.5 Å². The Morgan fingerprint density at radius 1 is 1.39 bits per heavy atom. The van der Waals surface area contributed by atoms with Crippen LogP contribution in [0.4, 0.5) is 0 Å². The van der Waals surface area contributed by atoms with Crippen LogP contribution in [0.15, 0.2) is 24.4 Å². The lowest BCUT2D eigenvalue weighted by Crippen LogP contribution is -2.60. The molecule has 2 aromatic rings. The smallest absolute Gasteiger partial charge is 0.310 e. The quantitative estimate of drug-likeness (QED) is 0.862. The van der Waals surface area contributed by atoms with E-state index in [1.165, 1.54) is 23.6 Å². The summed E-state index contributed by atoms with van der Waals surface area (Å²) in [5.74, 6) is -0.323. The van der Waals surface area contributed by atoms with Crippen molar-refractivity contribution in [3.63, 3.8) is 0 Å². The molecule has 1 saturated heterocycles. The summed E-state index contributed by atoms with van der Waals surface area (Å²) in [4.78, 5) is 17.8. The predicted octanol–water partition coefficient (Wildman–Crippen LogP) is 2.06. The number of carbonyl (C=O) groups excluding carboxylic acids is 1. The van der Waals surface area contributed by atoms with E-state index < -0.39 is 5.60 Å². The van der Waals surface area contributed by atoms with E-state index in [-0.39, 0.29) is 17.9 Å². The molecule has 2 heterocycles. The van der Waals surface area contributed by atoms with Gasteiger partial charge in [0.25, 0.3) is 0 Å². The first-order valence-electron chi connectivity index (χ1n) is 8.03. The van der Waals surface area contributed by atoms with Crippen molar-refractivity contribution in [3.8, 4) is 0 Å². The third-order valence-corrected chi connectivity index (χ3v) is 5.68. The van der Waals surface area contributed by atoms with Crippen LogP contribution in [0.3, 0.4) is 0 Å². The summed E-state index contributed by atoms with van der Waals surface area (Å²) in [6, 6.07) is 6.52. The van der Waals surface area contributed by atoms with Crippen molar-refractivity contribution in [1.29, 1.82) is 0 Å². The highest BCUT2D eigenvalue weighted by atomic mass is 16.5. The van der Waals surface area contributed by atoms with Crippen molar-refractivity contribution < 1.29 is 14.3 Å². The number of H-pyrrole nitrogens is 1. The van der Waals surface area contributed by atoms with Gasteiger partial charge in [0.2, 0.25) is 0 Å². The maximum absolute atomic E-state index is 12.2. The molecular formula is C18H22N2O3. The van der Waals surface area contributed by atoms with Gasteiger partial charge in [-0.1, -0.05) is 12.1 Å². The molecule has 2 aliphatic rings. The molecule has 3 atom stereocenters. The van der Waals surface area contributed by atoms with Crippen molar-refractivity contribution >= 4 is 16.9 Å². The van der Waals surface area contributed by atoms with Crippen molar-refractivity contribution in [2.24, 2.45) is 5.92 Å². The molecule has 0 bridgehead atoms. The number of aromatic amines is 1. The molecule has 0 radical (unpaired) electrons. The lowest BCUT2D eigenvalue weighted by atomic mass is 9.68. The molecule has 1 aromatic carbocycles. The number of likely N-dealkylation sites (N-methyl/N-ethyl adjacent to an activating group) is 1. The normalized spacial score (nSPS) is 30.2. The van der Waals surface area contributed by atoms with E-state index in [1.807, 2.05) is 0 Å². The number of piperidine rings is 1. The number of hydrogen-bond acceptors (Lipinski definition) is 4. The molecule has 1 aliphatic heterocycles. The standard InChI is InChI=1S/C18H22N2O3/c1-20-10-12(17(21)22-2)8-18(23-3)13-5-4-6-14-16(13)11(9-19-14)7-15(18)20/h4-6,9,12,15,19H,7-8,10H2,1-3H3/t12-,15+,18+/m0/s1. The van der Waals surface area contributed by atoms with Crippen LogP contribution in [0.1, 0.15) is 17.5 Å². The minimum Gasteiger partial charge on any atom is -0.469 e. The fraction of sp³-hybridized carbons (Fsp3) is 0.500. The number of likely N-dealkylation sites (tertiary alicyclic amines) is 1. The summed E-state index contributed by atoms with van der Waals surface area (Å²) in [6.45, 7) is 0.707. The highest BCUT2D eigenvalue weighted by Gasteiger charge is 2.53. The van der Waals surface area contributed by atoms with Gasteiger partial charge in [0.1, 0.15) is 5.60 Å². The van der Waals surface area contributed by atoms with Gasteiger partial charge in [-0.05, 0) is 37.1 Å². The van der Waals surface area contributed by atoms with Gasteiger partial charge in [0.05, 0.1) is 13.0 Å². The molecule has 0 unspecified atom stereocenters. The Morgan fingerprint density at radius 2 is 2.22 bits per heavy atom. The maximum atomic E-state index is 12.2. The van der Waals surface area contributed by atoms with Gasteiger partial charge in [-0.25, -0.2) is 0 Å². The van der Waals surface area contributed by atoms with E-state index in [0.29, 0.717) is 13.0 Å². The molecule has 1 aromatic heterocycles. The average molecular weight is 314 g/mol. The van der Waals surface area contributed by atoms with Crippen molar-refractivity contribution in [2.45, 2.75) is 24.5 Å². The number of nitrogens with one attached hydrogen (secondary N) is 1. The Kier molecular flexibility index (Phi) is 3.25. The van der Waals surface area contributed by atoms with E-state index in [1.54, 1.807) is 7.11 Å². The Hall–Kier alpha value is -1.85. The SMILES string of the molecule is COC(=O)[C@@H]1CN(C)[C@@H]2Cc3c[nH]c4cccc(c34)[C@]2(OC)C1. The zero-order chi connectivity index (χ0) is 16.2. The van der Waals surface area contributed by atoms with Gasteiger partial charge in [-0.3, -0.25) is 9.69 Å². The van der Waals surface area contributed by atoms with Crippen LogP contribution in [-0.4, -0.2) is 49.7 Å². The molecule has 0 spiro atoms. The number of fused-ring (bicyclic) bond motifs is 2. The summed E-state index contributed by atoms with van der Waals surface area (Å²) < 4.78 is 11.1. The summed E-state index contributed by atoms with van der Waals surface area (Å²) >= 11 is 0. The van der Waals surface area contributed by atoms with E-state index in [9.17, 15) is 4.79 Å². The first-order valence-corrected chi connectivity index (χ1v) is 8.03. The molecule has 5 nitrogen and oxygen atoms in total. The maximum Gasteiger partial charge on any atom is 0.310 e. The second-order valence-corrected chi connectivity index (χ2v) is 6.72. The van der Waals surface area contributed by atoms with Crippen molar-refractivity contribution in [2.75, 3.05) is 27.8 Å². The second kappa shape index (κ2) is 5.08. The number of methoxy groups -OCH3 is 2. The first-order chi connectivity index (χ1) is 11.1. The topological polar surface area (TPSA) is 54.6 Å². The lowest BCUT2D eigenvalue weighted by molar-refractivity contribution is -0.163. The molecule has 5 heteroatoms. The molecule has 1 fully saturated rings. The first kappa shape index (κ1) is 14.7. The Labute approximate surface area is 135 Å². The van der Waals surface area contributed by atoms with E-state index in [2.05, 4.69) is 41.3 Å². The minimum absolute atomic E-state index is 0.154. The molecule has 23 heavy (non-hydrogen) atoms. The molecular weight excluding hydrogens is 292 g/mol. The number of benzene rings is 1. The van der Waals surface area contributed by atoms with Gasteiger partial charge in [-0.15, -0.1) is 0 Å². The molecule has 1 N–H and O–H groups in total. The average Bonchev–Trinajstić information content (AvgIpc) is 2.99. The minimum atomic E-state index is -0.472. The van der Waals surface area contributed by atoms with Crippen LogP contribution in [0.5, 0.6) is 0 Å². The monoisotopic (exact) mass is 314 g/mol. The van der Waals surface area contributed by atoms with Crippen LogP contribution >= 0.6 is 0 Å².